The molecule has 3 aliphatic heterocycles. The van der Waals surface area contributed by atoms with Gasteiger partial charge in [-0.1, -0.05) is 6.42 Å². The van der Waals surface area contributed by atoms with E-state index in [1.165, 1.54) is 12.8 Å². The van der Waals surface area contributed by atoms with Crippen LogP contribution in [0.3, 0.4) is 0 Å². The minimum Gasteiger partial charge on any atom is -0.381 e. The molecular formula is C19H31N3O3. The highest BCUT2D eigenvalue weighted by molar-refractivity contribution is 5.78. The first kappa shape index (κ1) is 17.1. The highest BCUT2D eigenvalue weighted by Crippen LogP contribution is 2.46. The van der Waals surface area contributed by atoms with Gasteiger partial charge in [0.2, 0.25) is 5.91 Å². The Morgan fingerprint density at radius 1 is 1.04 bits per heavy atom. The summed E-state index contributed by atoms with van der Waals surface area (Å²) in [4.78, 5) is 28.7. The molecule has 6 heteroatoms. The van der Waals surface area contributed by atoms with Crippen LogP contribution in [0.25, 0.3) is 0 Å². The van der Waals surface area contributed by atoms with Crippen LogP contribution in [0.4, 0.5) is 4.79 Å². The van der Waals surface area contributed by atoms with E-state index in [1.807, 2.05) is 9.80 Å². The summed E-state index contributed by atoms with van der Waals surface area (Å²) in [5.41, 5.74) is 0.272. The fourth-order valence-corrected chi connectivity index (χ4v) is 5.42. The van der Waals surface area contributed by atoms with Gasteiger partial charge < -0.3 is 19.9 Å². The molecule has 3 amide bonds. The molecule has 0 aromatic carbocycles. The zero-order valence-corrected chi connectivity index (χ0v) is 15.2. The predicted molar refractivity (Wildman–Crippen MR) is 94.2 cm³/mol. The fourth-order valence-electron chi connectivity index (χ4n) is 5.42. The second kappa shape index (κ2) is 7.14. The zero-order valence-electron chi connectivity index (χ0n) is 15.2. The van der Waals surface area contributed by atoms with Gasteiger partial charge in [-0.25, -0.2) is 4.79 Å². The number of carbonyl (C=O) groups excluding carboxylic acids is 2. The highest BCUT2D eigenvalue weighted by Gasteiger charge is 2.45. The molecule has 1 saturated carbocycles. The standard InChI is InChI=1S/C19H31N3O3/c23-17-4-2-10-22(17)15-5-11-21(12-6-15)18(24)20-16-3-1-7-19(16)8-13-25-14-9-19/h15-16H,1-14H2,(H,20,24)/t16-/m1/s1. The number of likely N-dealkylation sites (tertiary alicyclic amines) is 2. The summed E-state index contributed by atoms with van der Waals surface area (Å²) in [7, 11) is 0. The molecule has 1 N–H and O–H groups in total. The van der Waals surface area contributed by atoms with Crippen LogP contribution in [0.15, 0.2) is 0 Å². The molecule has 1 spiro atoms. The van der Waals surface area contributed by atoms with Crippen LogP contribution in [0.1, 0.15) is 57.8 Å². The maximum Gasteiger partial charge on any atom is 0.317 e. The topological polar surface area (TPSA) is 61.9 Å². The largest absolute Gasteiger partial charge is 0.381 e. The van der Waals surface area contributed by atoms with Crippen LogP contribution in [0, 0.1) is 5.41 Å². The molecule has 4 fully saturated rings. The van der Waals surface area contributed by atoms with Crippen LogP contribution in [0.2, 0.25) is 0 Å². The van der Waals surface area contributed by atoms with Crippen molar-refractivity contribution in [3.8, 4) is 0 Å². The average molecular weight is 349 g/mol. The second-order valence-electron chi connectivity index (χ2n) is 8.28. The molecule has 0 aromatic heterocycles. The lowest BCUT2D eigenvalue weighted by atomic mass is 9.75. The van der Waals surface area contributed by atoms with Crippen LogP contribution < -0.4 is 5.32 Å². The Morgan fingerprint density at radius 3 is 2.48 bits per heavy atom. The molecule has 0 aromatic rings. The van der Waals surface area contributed by atoms with Crippen molar-refractivity contribution in [3.05, 3.63) is 0 Å². The van der Waals surface area contributed by atoms with Crippen LogP contribution >= 0.6 is 0 Å². The third-order valence-corrected chi connectivity index (χ3v) is 7.00. The molecule has 25 heavy (non-hydrogen) atoms. The third kappa shape index (κ3) is 3.37. The molecule has 0 radical (unpaired) electrons. The molecule has 4 aliphatic rings. The Bertz CT molecular complexity index is 510. The second-order valence-corrected chi connectivity index (χ2v) is 8.28. The Hall–Kier alpha value is -1.30. The number of piperidine rings is 1. The van der Waals surface area contributed by atoms with Crippen LogP contribution in [-0.4, -0.2) is 66.7 Å². The summed E-state index contributed by atoms with van der Waals surface area (Å²) >= 11 is 0. The van der Waals surface area contributed by atoms with Gasteiger partial charge in [-0.15, -0.1) is 0 Å². The van der Waals surface area contributed by atoms with Gasteiger partial charge in [-0.2, -0.15) is 0 Å². The lowest BCUT2D eigenvalue weighted by Crippen LogP contribution is -2.54. The first-order chi connectivity index (χ1) is 12.2. The minimum atomic E-state index is 0.101. The minimum absolute atomic E-state index is 0.101. The Labute approximate surface area is 150 Å². The van der Waals surface area contributed by atoms with Crippen molar-refractivity contribution in [1.29, 1.82) is 0 Å². The van der Waals surface area contributed by atoms with Crippen molar-refractivity contribution >= 4 is 11.9 Å². The lowest BCUT2D eigenvalue weighted by Gasteiger charge is -2.41. The van der Waals surface area contributed by atoms with E-state index in [0.29, 0.717) is 24.4 Å². The Kier molecular flexibility index (Phi) is 4.89. The number of carbonyl (C=O) groups is 2. The lowest BCUT2D eigenvalue weighted by molar-refractivity contribution is -0.130. The van der Waals surface area contributed by atoms with E-state index in [0.717, 1.165) is 71.4 Å². The van der Waals surface area contributed by atoms with Crippen LogP contribution in [-0.2, 0) is 9.53 Å². The maximum absolute atomic E-state index is 12.8. The van der Waals surface area contributed by atoms with E-state index >= 15 is 0 Å². The predicted octanol–water partition coefficient (Wildman–Crippen LogP) is 2.13. The van der Waals surface area contributed by atoms with Gasteiger partial charge in [0, 0.05) is 51.4 Å². The normalized spacial score (nSPS) is 30.2. The molecular weight excluding hydrogens is 318 g/mol. The molecule has 3 saturated heterocycles. The van der Waals surface area contributed by atoms with Gasteiger partial charge in [-0.3, -0.25) is 4.79 Å². The van der Waals surface area contributed by atoms with E-state index in [9.17, 15) is 9.59 Å². The first-order valence-electron chi connectivity index (χ1n) is 10.1. The third-order valence-electron chi connectivity index (χ3n) is 7.00. The van der Waals surface area contributed by atoms with Crippen molar-refractivity contribution in [2.24, 2.45) is 5.41 Å². The van der Waals surface area contributed by atoms with Gasteiger partial charge >= 0.3 is 6.03 Å². The molecule has 6 nitrogen and oxygen atoms in total. The van der Waals surface area contributed by atoms with Gasteiger partial charge in [0.25, 0.3) is 0 Å². The van der Waals surface area contributed by atoms with E-state index in [4.69, 9.17) is 4.74 Å². The molecule has 140 valence electrons. The average Bonchev–Trinajstić information content (AvgIpc) is 3.23. The maximum atomic E-state index is 12.8. The molecule has 1 aliphatic carbocycles. The fraction of sp³-hybridized carbons (Fsp3) is 0.895. The summed E-state index contributed by atoms with van der Waals surface area (Å²) < 4.78 is 5.54. The van der Waals surface area contributed by atoms with Gasteiger partial charge in [-0.05, 0) is 50.4 Å². The highest BCUT2D eigenvalue weighted by atomic mass is 16.5. The molecule has 0 bridgehead atoms. The number of rotatable bonds is 2. The zero-order chi connectivity index (χ0) is 17.3. The number of urea groups is 1. The summed E-state index contributed by atoms with van der Waals surface area (Å²) in [6, 6.07) is 0.748. The molecule has 3 heterocycles. The van der Waals surface area contributed by atoms with E-state index in [2.05, 4.69) is 5.32 Å². The summed E-state index contributed by atoms with van der Waals surface area (Å²) in [5.74, 6) is 0.301. The smallest absolute Gasteiger partial charge is 0.317 e. The van der Waals surface area contributed by atoms with Crippen molar-refractivity contribution in [2.75, 3.05) is 32.8 Å². The van der Waals surface area contributed by atoms with E-state index in [-0.39, 0.29) is 11.4 Å². The SMILES string of the molecule is O=C(N[C@@H]1CCCC12CCOCC2)N1CCC(N2CCCC2=O)CC1. The quantitative estimate of drug-likeness (QED) is 0.831. The van der Waals surface area contributed by atoms with Crippen molar-refractivity contribution in [3.63, 3.8) is 0 Å². The summed E-state index contributed by atoms with van der Waals surface area (Å²) in [6.45, 7) is 4.11. The Morgan fingerprint density at radius 2 is 1.80 bits per heavy atom. The first-order valence-corrected chi connectivity index (χ1v) is 10.1. The van der Waals surface area contributed by atoms with E-state index in [1.54, 1.807) is 0 Å². The van der Waals surface area contributed by atoms with E-state index < -0.39 is 0 Å². The summed E-state index contributed by atoms with van der Waals surface area (Å²) in [5, 5.41) is 3.35. The molecule has 1 atom stereocenters. The molecule has 4 rings (SSSR count). The number of hydrogen-bond acceptors (Lipinski definition) is 3. The van der Waals surface area contributed by atoms with Gasteiger partial charge in [0.05, 0.1) is 0 Å². The van der Waals surface area contributed by atoms with Gasteiger partial charge in [0.1, 0.15) is 0 Å². The number of ether oxygens (including phenoxy) is 1. The van der Waals surface area contributed by atoms with Crippen LogP contribution in [0.5, 0.6) is 0 Å². The number of nitrogens with one attached hydrogen (secondary N) is 1. The van der Waals surface area contributed by atoms with Crippen molar-refractivity contribution in [2.45, 2.75) is 69.9 Å². The molecule has 0 unspecified atom stereocenters. The number of hydrogen-bond donors (Lipinski definition) is 1. The Balaban J connectivity index is 1.29. The van der Waals surface area contributed by atoms with Crippen molar-refractivity contribution < 1.29 is 14.3 Å². The van der Waals surface area contributed by atoms with Gasteiger partial charge in [0.15, 0.2) is 0 Å². The monoisotopic (exact) mass is 349 g/mol. The summed E-state index contributed by atoms with van der Waals surface area (Å²) in [6.07, 6.45) is 9.23. The number of nitrogens with zero attached hydrogens (tertiary/aromatic N) is 2. The van der Waals surface area contributed by atoms with Crippen molar-refractivity contribution in [1.82, 2.24) is 15.1 Å². The number of amides is 3.